The molecule has 0 radical (unpaired) electrons. The largest absolute Gasteiger partial charge is 0.393 e. The second-order valence-electron chi connectivity index (χ2n) is 6.60. The zero-order chi connectivity index (χ0) is 15.1. The summed E-state index contributed by atoms with van der Waals surface area (Å²) in [4.78, 5) is 11.7. The van der Waals surface area contributed by atoms with Gasteiger partial charge in [-0.25, -0.2) is 15.8 Å². The summed E-state index contributed by atoms with van der Waals surface area (Å²) in [5.41, 5.74) is 3.70. The second-order valence-corrected chi connectivity index (χ2v) is 6.60. The average Bonchev–Trinajstić information content (AvgIpc) is 2.71. The molecule has 4 N–H and O–H groups in total. The lowest BCUT2D eigenvalue weighted by Crippen LogP contribution is -2.45. The first-order valence-corrected chi connectivity index (χ1v) is 7.82. The molecule has 1 aromatic rings. The fourth-order valence-corrected chi connectivity index (χ4v) is 3.67. The van der Waals surface area contributed by atoms with E-state index >= 15 is 0 Å². The Morgan fingerprint density at radius 3 is 2.38 bits per heavy atom. The number of aliphatic hydroxyl groups excluding tert-OH is 1. The van der Waals surface area contributed by atoms with Crippen molar-refractivity contribution in [2.75, 3.05) is 10.3 Å². The summed E-state index contributed by atoms with van der Waals surface area (Å²) < 4.78 is 0. The molecule has 3 rings (SSSR count). The van der Waals surface area contributed by atoms with Crippen LogP contribution in [0.1, 0.15) is 56.8 Å². The first-order chi connectivity index (χ1) is 10.0. The van der Waals surface area contributed by atoms with Gasteiger partial charge >= 0.3 is 0 Å². The summed E-state index contributed by atoms with van der Waals surface area (Å²) in [6, 6.07) is 0.774. The molecule has 1 aromatic heterocycles. The maximum Gasteiger partial charge on any atom is 0.148 e. The van der Waals surface area contributed by atoms with Gasteiger partial charge in [0, 0.05) is 23.6 Å². The van der Waals surface area contributed by atoms with E-state index in [9.17, 15) is 5.11 Å². The van der Waals surface area contributed by atoms with Crippen molar-refractivity contribution < 1.29 is 5.11 Å². The smallest absolute Gasteiger partial charge is 0.148 e. The van der Waals surface area contributed by atoms with Gasteiger partial charge in [0.25, 0.3) is 0 Å². The van der Waals surface area contributed by atoms with Gasteiger partial charge in [-0.1, -0.05) is 13.8 Å². The van der Waals surface area contributed by atoms with Gasteiger partial charge in [-0.2, -0.15) is 0 Å². The van der Waals surface area contributed by atoms with E-state index in [-0.39, 0.29) is 12.0 Å². The van der Waals surface area contributed by atoms with Gasteiger partial charge < -0.3 is 15.4 Å². The van der Waals surface area contributed by atoms with Crippen LogP contribution in [0.25, 0.3) is 0 Å². The first-order valence-electron chi connectivity index (χ1n) is 7.82. The molecule has 2 fully saturated rings. The van der Waals surface area contributed by atoms with Gasteiger partial charge in [0.1, 0.15) is 17.5 Å². The standard InChI is InChI=1S/C15H25N5O/c1-8(2)13-17-14(19-16)9(3)15(18-13)20-10-4-5-11(20)7-12(21)6-10/h8,10-12,21H,4-7,16H2,1-3H3,(H,17,18,19). The number of nitrogen functional groups attached to an aromatic ring is 1. The van der Waals surface area contributed by atoms with E-state index in [0.717, 1.165) is 42.9 Å². The van der Waals surface area contributed by atoms with Crippen molar-refractivity contribution in [3.05, 3.63) is 11.4 Å². The minimum absolute atomic E-state index is 0.169. The molecule has 0 amide bonds. The molecule has 0 aromatic carbocycles. The molecule has 2 aliphatic heterocycles. The topological polar surface area (TPSA) is 87.3 Å². The molecular weight excluding hydrogens is 266 g/mol. The third kappa shape index (κ3) is 2.46. The lowest BCUT2D eigenvalue weighted by atomic mass is 9.99. The van der Waals surface area contributed by atoms with Crippen molar-refractivity contribution in [2.24, 2.45) is 5.84 Å². The van der Waals surface area contributed by atoms with Gasteiger partial charge in [0.05, 0.1) is 6.10 Å². The third-order valence-electron chi connectivity index (χ3n) is 4.74. The third-order valence-corrected chi connectivity index (χ3v) is 4.74. The molecule has 116 valence electrons. The number of hydrazine groups is 1. The number of hydrogen-bond acceptors (Lipinski definition) is 6. The predicted molar refractivity (Wildman–Crippen MR) is 83.2 cm³/mol. The molecule has 2 saturated heterocycles. The lowest BCUT2D eigenvalue weighted by molar-refractivity contribution is 0.126. The first kappa shape index (κ1) is 14.5. The van der Waals surface area contributed by atoms with Gasteiger partial charge in [-0.3, -0.25) is 0 Å². The monoisotopic (exact) mass is 291 g/mol. The molecule has 2 atom stereocenters. The zero-order valence-corrected chi connectivity index (χ0v) is 13.0. The van der Waals surface area contributed by atoms with Gasteiger partial charge in [0.15, 0.2) is 0 Å². The summed E-state index contributed by atoms with van der Waals surface area (Å²) in [6.45, 7) is 6.19. The summed E-state index contributed by atoms with van der Waals surface area (Å²) in [7, 11) is 0. The van der Waals surface area contributed by atoms with Crippen LogP contribution in [0.15, 0.2) is 0 Å². The molecule has 0 spiro atoms. The zero-order valence-electron chi connectivity index (χ0n) is 13.0. The van der Waals surface area contributed by atoms with Gasteiger partial charge in [-0.05, 0) is 32.6 Å². The Hall–Kier alpha value is -1.40. The molecule has 6 heteroatoms. The highest BCUT2D eigenvalue weighted by molar-refractivity contribution is 5.60. The average molecular weight is 291 g/mol. The Kier molecular flexibility index (Phi) is 3.75. The van der Waals surface area contributed by atoms with Crippen LogP contribution in [-0.2, 0) is 0 Å². The van der Waals surface area contributed by atoms with E-state index in [2.05, 4.69) is 29.2 Å². The summed E-state index contributed by atoms with van der Waals surface area (Å²) >= 11 is 0. The van der Waals surface area contributed by atoms with E-state index in [1.54, 1.807) is 0 Å². The van der Waals surface area contributed by atoms with Crippen molar-refractivity contribution in [2.45, 2.75) is 70.6 Å². The Labute approximate surface area is 125 Å². The van der Waals surface area contributed by atoms with Crippen molar-refractivity contribution in [1.29, 1.82) is 0 Å². The van der Waals surface area contributed by atoms with Crippen molar-refractivity contribution in [3.63, 3.8) is 0 Å². The van der Waals surface area contributed by atoms with E-state index in [4.69, 9.17) is 10.8 Å². The maximum absolute atomic E-state index is 9.98. The minimum atomic E-state index is -0.169. The Bertz CT molecular complexity index is 519. The fraction of sp³-hybridized carbons (Fsp3) is 0.733. The van der Waals surface area contributed by atoms with Crippen LogP contribution < -0.4 is 16.2 Å². The van der Waals surface area contributed by atoms with Crippen LogP contribution in [0, 0.1) is 6.92 Å². The highest BCUT2D eigenvalue weighted by Crippen LogP contribution is 2.40. The SMILES string of the molecule is Cc1c(NN)nc(C(C)C)nc1N1C2CCC1CC(O)C2. The Balaban J connectivity index is 2.03. The molecule has 2 aliphatic rings. The quantitative estimate of drug-likeness (QED) is 0.580. The summed E-state index contributed by atoms with van der Waals surface area (Å²) in [5, 5.41) is 9.98. The predicted octanol–water partition coefficient (Wildman–Crippen LogP) is 1.69. The van der Waals surface area contributed by atoms with Crippen LogP contribution in [0.4, 0.5) is 11.6 Å². The summed E-state index contributed by atoms with van der Waals surface area (Å²) in [5.74, 6) is 8.38. The molecule has 0 aliphatic carbocycles. The molecule has 21 heavy (non-hydrogen) atoms. The van der Waals surface area contributed by atoms with Crippen molar-refractivity contribution >= 4 is 11.6 Å². The molecule has 2 bridgehead atoms. The normalized spacial score (nSPS) is 28.3. The van der Waals surface area contributed by atoms with Crippen LogP contribution >= 0.6 is 0 Å². The molecule has 2 unspecified atom stereocenters. The molecular formula is C15H25N5O. The number of anilines is 2. The number of fused-ring (bicyclic) bond motifs is 2. The fourth-order valence-electron chi connectivity index (χ4n) is 3.67. The number of aromatic nitrogens is 2. The number of hydrogen-bond donors (Lipinski definition) is 3. The molecule has 6 nitrogen and oxygen atoms in total. The minimum Gasteiger partial charge on any atom is -0.393 e. The van der Waals surface area contributed by atoms with E-state index in [1.807, 2.05) is 6.92 Å². The second kappa shape index (κ2) is 5.42. The van der Waals surface area contributed by atoms with Crippen LogP contribution in [0.5, 0.6) is 0 Å². The lowest BCUT2D eigenvalue weighted by Gasteiger charge is -2.39. The number of nitrogens with two attached hydrogens (primary N) is 1. The van der Waals surface area contributed by atoms with Crippen LogP contribution in [0.2, 0.25) is 0 Å². The van der Waals surface area contributed by atoms with Gasteiger partial charge in [0.2, 0.25) is 0 Å². The molecule has 0 saturated carbocycles. The number of piperidine rings is 1. The van der Waals surface area contributed by atoms with Crippen LogP contribution in [0.3, 0.4) is 0 Å². The maximum atomic E-state index is 9.98. The van der Waals surface area contributed by atoms with E-state index < -0.39 is 0 Å². The van der Waals surface area contributed by atoms with Crippen molar-refractivity contribution in [1.82, 2.24) is 9.97 Å². The van der Waals surface area contributed by atoms with Crippen LogP contribution in [-0.4, -0.2) is 33.3 Å². The van der Waals surface area contributed by atoms with E-state index in [1.165, 1.54) is 0 Å². The number of nitrogens with zero attached hydrogens (tertiary/aromatic N) is 3. The number of rotatable bonds is 3. The summed E-state index contributed by atoms with van der Waals surface area (Å²) in [6.07, 6.45) is 3.77. The number of aliphatic hydroxyl groups is 1. The van der Waals surface area contributed by atoms with E-state index in [0.29, 0.717) is 17.9 Å². The number of nitrogens with one attached hydrogen (secondary N) is 1. The molecule has 3 heterocycles. The Morgan fingerprint density at radius 1 is 1.24 bits per heavy atom. The van der Waals surface area contributed by atoms with Crippen molar-refractivity contribution in [3.8, 4) is 0 Å². The van der Waals surface area contributed by atoms with Gasteiger partial charge in [-0.15, -0.1) is 0 Å². The Morgan fingerprint density at radius 2 is 1.86 bits per heavy atom. The highest BCUT2D eigenvalue weighted by atomic mass is 16.3. The highest BCUT2D eigenvalue weighted by Gasteiger charge is 2.41.